The van der Waals surface area contributed by atoms with E-state index in [2.05, 4.69) is 15.3 Å². The van der Waals surface area contributed by atoms with Gasteiger partial charge in [0.05, 0.1) is 29.5 Å². The van der Waals surface area contributed by atoms with Crippen LogP contribution in [0, 0.1) is 0 Å². The number of hydrogen-bond acceptors (Lipinski definition) is 5. The van der Waals surface area contributed by atoms with Crippen molar-refractivity contribution >= 4 is 17.0 Å². The molecule has 0 spiro atoms. The molecule has 17 heavy (non-hydrogen) atoms. The lowest BCUT2D eigenvalue weighted by molar-refractivity contribution is 0.234. The number of rotatable bonds is 5. The number of anilines is 1. The number of pyridine rings is 1. The second-order valence-corrected chi connectivity index (χ2v) is 4.57. The number of hydrogen-bond donors (Lipinski definition) is 1. The van der Waals surface area contributed by atoms with Crippen LogP contribution in [0.25, 0.3) is 0 Å². The molecule has 2 heterocycles. The van der Waals surface area contributed by atoms with Crippen molar-refractivity contribution in [1.82, 2.24) is 9.97 Å². The molecule has 0 radical (unpaired) electrons. The van der Waals surface area contributed by atoms with Crippen molar-refractivity contribution in [2.24, 2.45) is 0 Å². The van der Waals surface area contributed by atoms with Crippen molar-refractivity contribution in [3.8, 4) is 5.88 Å². The largest absolute Gasteiger partial charge is 0.473 e. The first-order valence-corrected chi connectivity index (χ1v) is 6.42. The van der Waals surface area contributed by atoms with Crippen LogP contribution in [0.3, 0.4) is 0 Å². The zero-order chi connectivity index (χ0) is 12.1. The highest BCUT2D eigenvalue weighted by atomic mass is 32.1. The Hall–Kier alpha value is -1.62. The Balaban J connectivity index is 2.04. The number of nitrogens with one attached hydrogen (secondary N) is 1. The molecule has 0 aromatic carbocycles. The van der Waals surface area contributed by atoms with Gasteiger partial charge in [0.25, 0.3) is 0 Å². The Kier molecular flexibility index (Phi) is 3.93. The molecular weight excluding hydrogens is 234 g/mol. The summed E-state index contributed by atoms with van der Waals surface area (Å²) in [5.74, 6) is 0.637. The van der Waals surface area contributed by atoms with Crippen LogP contribution in [0.1, 0.15) is 19.5 Å². The Morgan fingerprint density at radius 1 is 1.41 bits per heavy atom. The first-order valence-electron chi connectivity index (χ1n) is 5.48. The highest BCUT2D eigenvalue weighted by Crippen LogP contribution is 2.22. The Labute approximate surface area is 105 Å². The summed E-state index contributed by atoms with van der Waals surface area (Å²) in [6, 6.07) is 3.84. The van der Waals surface area contributed by atoms with E-state index in [-0.39, 0.29) is 6.10 Å². The smallest absolute Gasteiger partial charge is 0.237 e. The predicted molar refractivity (Wildman–Crippen MR) is 69.4 cm³/mol. The molecule has 4 nitrogen and oxygen atoms in total. The fourth-order valence-corrected chi connectivity index (χ4v) is 1.91. The summed E-state index contributed by atoms with van der Waals surface area (Å²) < 4.78 is 5.62. The Morgan fingerprint density at radius 2 is 2.29 bits per heavy atom. The van der Waals surface area contributed by atoms with Crippen LogP contribution < -0.4 is 10.1 Å². The van der Waals surface area contributed by atoms with Gasteiger partial charge in [0.1, 0.15) is 0 Å². The summed E-state index contributed by atoms with van der Waals surface area (Å²) in [6.07, 6.45) is 1.84. The zero-order valence-electron chi connectivity index (χ0n) is 9.88. The molecule has 0 amide bonds. The van der Waals surface area contributed by atoms with E-state index in [9.17, 15) is 0 Å². The van der Waals surface area contributed by atoms with Gasteiger partial charge in [0.2, 0.25) is 5.88 Å². The molecule has 2 aromatic heterocycles. The quantitative estimate of drug-likeness (QED) is 0.885. The molecule has 5 heteroatoms. The third-order valence-electron chi connectivity index (χ3n) is 2.06. The van der Waals surface area contributed by atoms with Crippen LogP contribution in [-0.2, 0) is 6.54 Å². The van der Waals surface area contributed by atoms with E-state index in [0.717, 1.165) is 11.4 Å². The normalized spacial score (nSPS) is 10.5. The predicted octanol–water partition coefficient (Wildman–Crippen LogP) is 2.94. The van der Waals surface area contributed by atoms with E-state index in [4.69, 9.17) is 4.74 Å². The molecular formula is C12H15N3OS. The number of thiazole rings is 1. The third kappa shape index (κ3) is 3.42. The highest BCUT2D eigenvalue weighted by molar-refractivity contribution is 7.07. The second kappa shape index (κ2) is 5.63. The molecule has 0 aliphatic rings. The molecule has 0 saturated heterocycles. The summed E-state index contributed by atoms with van der Waals surface area (Å²) >= 11 is 1.59. The summed E-state index contributed by atoms with van der Waals surface area (Å²) in [7, 11) is 0. The van der Waals surface area contributed by atoms with E-state index < -0.39 is 0 Å². The van der Waals surface area contributed by atoms with E-state index in [1.54, 1.807) is 17.5 Å². The molecule has 0 unspecified atom stereocenters. The topological polar surface area (TPSA) is 47.0 Å². The third-order valence-corrected chi connectivity index (χ3v) is 2.70. The molecule has 0 fully saturated rings. The molecule has 90 valence electrons. The highest BCUT2D eigenvalue weighted by Gasteiger charge is 2.06. The average Bonchev–Trinajstić information content (AvgIpc) is 2.80. The SMILES string of the molecule is CC(C)Oc1ncccc1NCc1cscn1. The maximum Gasteiger partial charge on any atom is 0.237 e. The van der Waals surface area contributed by atoms with Crippen LogP contribution in [0.4, 0.5) is 5.69 Å². The minimum absolute atomic E-state index is 0.115. The maximum absolute atomic E-state index is 5.62. The first-order chi connectivity index (χ1) is 8.25. The standard InChI is InChI=1S/C12H15N3OS/c1-9(2)16-12-11(4-3-5-13-12)14-6-10-7-17-8-15-10/h3-5,7-9,14H,6H2,1-2H3. The number of ether oxygens (including phenoxy) is 1. The minimum atomic E-state index is 0.115. The van der Waals surface area contributed by atoms with Crippen molar-refractivity contribution in [3.63, 3.8) is 0 Å². The van der Waals surface area contributed by atoms with Gasteiger partial charge in [-0.3, -0.25) is 0 Å². The first kappa shape index (κ1) is 11.9. The summed E-state index contributed by atoms with van der Waals surface area (Å²) in [4.78, 5) is 8.43. The number of aromatic nitrogens is 2. The summed E-state index contributed by atoms with van der Waals surface area (Å²) in [5, 5.41) is 5.30. The Bertz CT molecular complexity index is 457. The van der Waals surface area contributed by atoms with Crippen LogP contribution in [0.15, 0.2) is 29.2 Å². The summed E-state index contributed by atoms with van der Waals surface area (Å²) in [6.45, 7) is 4.65. The molecule has 0 aliphatic heterocycles. The molecule has 2 rings (SSSR count). The molecule has 0 saturated carbocycles. The lowest BCUT2D eigenvalue weighted by Crippen LogP contribution is -2.10. The molecule has 2 aromatic rings. The average molecular weight is 249 g/mol. The van der Waals surface area contributed by atoms with Gasteiger partial charge >= 0.3 is 0 Å². The monoisotopic (exact) mass is 249 g/mol. The summed E-state index contributed by atoms with van der Waals surface area (Å²) in [5.41, 5.74) is 3.75. The molecule has 0 aliphatic carbocycles. The van der Waals surface area contributed by atoms with Crippen LogP contribution in [0.5, 0.6) is 5.88 Å². The van der Waals surface area contributed by atoms with Crippen molar-refractivity contribution in [2.45, 2.75) is 26.5 Å². The minimum Gasteiger partial charge on any atom is -0.473 e. The number of nitrogens with zero attached hydrogens (tertiary/aromatic N) is 2. The molecule has 0 atom stereocenters. The molecule has 0 bridgehead atoms. The molecule has 1 N–H and O–H groups in total. The van der Waals surface area contributed by atoms with Gasteiger partial charge in [-0.25, -0.2) is 9.97 Å². The van der Waals surface area contributed by atoms with Crippen molar-refractivity contribution in [2.75, 3.05) is 5.32 Å². The van der Waals surface area contributed by atoms with Gasteiger partial charge in [0, 0.05) is 11.6 Å². The lowest BCUT2D eigenvalue weighted by Gasteiger charge is -2.13. The fraction of sp³-hybridized carbons (Fsp3) is 0.333. The van der Waals surface area contributed by atoms with Gasteiger partial charge < -0.3 is 10.1 Å². The van der Waals surface area contributed by atoms with E-state index in [1.165, 1.54) is 0 Å². The Morgan fingerprint density at radius 3 is 3.00 bits per heavy atom. The van der Waals surface area contributed by atoms with Crippen molar-refractivity contribution in [1.29, 1.82) is 0 Å². The van der Waals surface area contributed by atoms with Gasteiger partial charge in [-0.15, -0.1) is 11.3 Å². The van der Waals surface area contributed by atoms with E-state index in [1.807, 2.05) is 36.9 Å². The van der Waals surface area contributed by atoms with Gasteiger partial charge in [-0.1, -0.05) is 0 Å². The van der Waals surface area contributed by atoms with Gasteiger partial charge in [-0.05, 0) is 26.0 Å². The van der Waals surface area contributed by atoms with E-state index >= 15 is 0 Å². The van der Waals surface area contributed by atoms with Crippen LogP contribution >= 0.6 is 11.3 Å². The van der Waals surface area contributed by atoms with E-state index in [0.29, 0.717) is 12.4 Å². The van der Waals surface area contributed by atoms with Crippen LogP contribution in [-0.4, -0.2) is 16.1 Å². The second-order valence-electron chi connectivity index (χ2n) is 3.86. The fourth-order valence-electron chi connectivity index (χ4n) is 1.35. The van der Waals surface area contributed by atoms with Crippen LogP contribution in [0.2, 0.25) is 0 Å². The lowest BCUT2D eigenvalue weighted by atomic mass is 10.3. The van der Waals surface area contributed by atoms with Crippen molar-refractivity contribution < 1.29 is 4.74 Å². The van der Waals surface area contributed by atoms with Gasteiger partial charge in [-0.2, -0.15) is 0 Å². The maximum atomic E-state index is 5.62. The van der Waals surface area contributed by atoms with Crippen molar-refractivity contribution in [3.05, 3.63) is 34.9 Å². The zero-order valence-corrected chi connectivity index (χ0v) is 10.7. The van der Waals surface area contributed by atoms with Gasteiger partial charge in [0.15, 0.2) is 0 Å².